The van der Waals surface area contributed by atoms with Gasteiger partial charge in [0.25, 0.3) is 0 Å². The van der Waals surface area contributed by atoms with Gasteiger partial charge in [-0.3, -0.25) is 4.79 Å². The van der Waals surface area contributed by atoms with Crippen molar-refractivity contribution in [2.24, 2.45) is 0 Å². The summed E-state index contributed by atoms with van der Waals surface area (Å²) < 4.78 is 0. The van der Waals surface area contributed by atoms with Gasteiger partial charge in [-0.1, -0.05) is 36.4 Å². The van der Waals surface area contributed by atoms with Gasteiger partial charge in [-0.25, -0.2) is 0 Å². The molecule has 21 heavy (non-hydrogen) atoms. The van der Waals surface area contributed by atoms with Crippen molar-refractivity contribution in [2.75, 3.05) is 16.8 Å². The maximum absolute atomic E-state index is 12.3. The molecule has 108 valence electrons. The highest BCUT2D eigenvalue weighted by molar-refractivity contribution is 5.94. The summed E-state index contributed by atoms with van der Waals surface area (Å²) >= 11 is 0. The number of hydrogen-bond donors (Lipinski definition) is 1. The Labute approximate surface area is 125 Å². The van der Waals surface area contributed by atoms with E-state index in [2.05, 4.69) is 35.3 Å². The van der Waals surface area contributed by atoms with Gasteiger partial charge >= 0.3 is 0 Å². The Balaban J connectivity index is 1.73. The van der Waals surface area contributed by atoms with Crippen molar-refractivity contribution in [1.82, 2.24) is 0 Å². The second-order valence-electron chi connectivity index (χ2n) is 5.56. The molecule has 1 heterocycles. The minimum absolute atomic E-state index is 0.0322. The third kappa shape index (κ3) is 3.07. The SMILES string of the molecule is C[C@H]1CCc2ccccc2N1CC(=O)Nc1ccccc1. The Morgan fingerprint density at radius 2 is 1.86 bits per heavy atom. The van der Waals surface area contributed by atoms with Gasteiger partial charge in [0.2, 0.25) is 5.91 Å². The molecule has 0 aliphatic carbocycles. The van der Waals surface area contributed by atoms with Crippen LogP contribution in [0.1, 0.15) is 18.9 Å². The van der Waals surface area contributed by atoms with Gasteiger partial charge in [0.15, 0.2) is 0 Å². The number of fused-ring (bicyclic) bond motifs is 1. The van der Waals surface area contributed by atoms with Crippen molar-refractivity contribution in [3.63, 3.8) is 0 Å². The third-order valence-corrected chi connectivity index (χ3v) is 4.04. The number of carbonyl (C=O) groups is 1. The summed E-state index contributed by atoms with van der Waals surface area (Å²) in [6.07, 6.45) is 2.18. The van der Waals surface area contributed by atoms with E-state index in [1.807, 2.05) is 36.4 Å². The predicted molar refractivity (Wildman–Crippen MR) is 86.6 cm³/mol. The molecule has 2 aromatic rings. The molecule has 0 spiro atoms. The molecule has 3 rings (SSSR count). The molecule has 3 heteroatoms. The Bertz CT molecular complexity index is 624. The zero-order chi connectivity index (χ0) is 14.7. The lowest BCUT2D eigenvalue weighted by Crippen LogP contribution is -2.42. The van der Waals surface area contributed by atoms with Gasteiger partial charge in [-0.2, -0.15) is 0 Å². The van der Waals surface area contributed by atoms with E-state index in [-0.39, 0.29) is 5.91 Å². The van der Waals surface area contributed by atoms with Crippen LogP contribution in [-0.4, -0.2) is 18.5 Å². The van der Waals surface area contributed by atoms with E-state index in [9.17, 15) is 4.79 Å². The molecule has 1 amide bonds. The molecule has 2 aromatic carbocycles. The van der Waals surface area contributed by atoms with Crippen LogP contribution in [0, 0.1) is 0 Å². The Morgan fingerprint density at radius 1 is 1.14 bits per heavy atom. The van der Waals surface area contributed by atoms with Gasteiger partial charge in [0.1, 0.15) is 0 Å². The normalized spacial score (nSPS) is 17.2. The molecular formula is C18H20N2O. The van der Waals surface area contributed by atoms with Gasteiger partial charge < -0.3 is 10.2 Å². The topological polar surface area (TPSA) is 32.3 Å². The quantitative estimate of drug-likeness (QED) is 0.933. The first-order chi connectivity index (χ1) is 10.2. The van der Waals surface area contributed by atoms with Gasteiger partial charge in [-0.05, 0) is 43.5 Å². The van der Waals surface area contributed by atoms with E-state index in [4.69, 9.17) is 0 Å². The van der Waals surface area contributed by atoms with E-state index >= 15 is 0 Å². The van der Waals surface area contributed by atoms with E-state index in [1.54, 1.807) is 0 Å². The monoisotopic (exact) mass is 280 g/mol. The van der Waals surface area contributed by atoms with Crippen molar-refractivity contribution >= 4 is 17.3 Å². The largest absolute Gasteiger partial charge is 0.359 e. The highest BCUT2D eigenvalue weighted by atomic mass is 16.2. The molecule has 1 atom stereocenters. The lowest BCUT2D eigenvalue weighted by Gasteiger charge is -2.36. The molecule has 0 aromatic heterocycles. The summed E-state index contributed by atoms with van der Waals surface area (Å²) in [6, 6.07) is 18.4. The van der Waals surface area contributed by atoms with Crippen LogP contribution in [0.2, 0.25) is 0 Å². The minimum atomic E-state index is 0.0322. The fourth-order valence-corrected chi connectivity index (χ4v) is 2.88. The number of hydrogen-bond acceptors (Lipinski definition) is 2. The second-order valence-corrected chi connectivity index (χ2v) is 5.56. The van der Waals surface area contributed by atoms with Crippen molar-refractivity contribution in [1.29, 1.82) is 0 Å². The van der Waals surface area contributed by atoms with Gasteiger partial charge in [-0.15, -0.1) is 0 Å². The van der Waals surface area contributed by atoms with Crippen molar-refractivity contribution in [3.8, 4) is 0 Å². The first-order valence-corrected chi connectivity index (χ1v) is 7.43. The predicted octanol–water partition coefficient (Wildman–Crippen LogP) is 3.47. The van der Waals surface area contributed by atoms with Crippen molar-refractivity contribution < 1.29 is 4.79 Å². The highest BCUT2D eigenvalue weighted by Gasteiger charge is 2.24. The standard InChI is InChI=1S/C18H20N2O/c1-14-11-12-15-7-5-6-10-17(15)20(14)13-18(21)19-16-8-3-2-4-9-16/h2-10,14H,11-13H2,1H3,(H,19,21)/t14-/m0/s1. The van der Waals surface area contributed by atoms with Gasteiger partial charge in [0.05, 0.1) is 6.54 Å². The molecule has 1 aliphatic heterocycles. The van der Waals surface area contributed by atoms with E-state index in [0.29, 0.717) is 12.6 Å². The lowest BCUT2D eigenvalue weighted by molar-refractivity contribution is -0.115. The van der Waals surface area contributed by atoms with Crippen LogP contribution in [0.15, 0.2) is 54.6 Å². The summed E-state index contributed by atoms with van der Waals surface area (Å²) in [4.78, 5) is 14.5. The van der Waals surface area contributed by atoms with Crippen LogP contribution >= 0.6 is 0 Å². The fourth-order valence-electron chi connectivity index (χ4n) is 2.88. The average Bonchev–Trinajstić information content (AvgIpc) is 2.51. The highest BCUT2D eigenvalue weighted by Crippen LogP contribution is 2.30. The van der Waals surface area contributed by atoms with Crippen LogP contribution in [0.3, 0.4) is 0 Å². The third-order valence-electron chi connectivity index (χ3n) is 4.04. The number of carbonyl (C=O) groups excluding carboxylic acids is 1. The first kappa shape index (κ1) is 13.7. The number of aryl methyl sites for hydroxylation is 1. The first-order valence-electron chi connectivity index (χ1n) is 7.43. The zero-order valence-electron chi connectivity index (χ0n) is 12.3. The maximum atomic E-state index is 12.3. The minimum Gasteiger partial charge on any atom is -0.359 e. The van der Waals surface area contributed by atoms with E-state index in [1.165, 1.54) is 11.3 Å². The second kappa shape index (κ2) is 6.00. The molecule has 0 unspecified atom stereocenters. The number of anilines is 2. The van der Waals surface area contributed by atoms with E-state index < -0.39 is 0 Å². The molecule has 1 aliphatic rings. The number of nitrogens with zero attached hydrogens (tertiary/aromatic N) is 1. The molecule has 3 nitrogen and oxygen atoms in total. The number of amides is 1. The molecule has 0 saturated heterocycles. The van der Waals surface area contributed by atoms with Crippen molar-refractivity contribution in [3.05, 3.63) is 60.2 Å². The summed E-state index contributed by atoms with van der Waals surface area (Å²) in [5.74, 6) is 0.0322. The number of benzene rings is 2. The molecule has 0 saturated carbocycles. The summed E-state index contributed by atoms with van der Waals surface area (Å²) in [5, 5.41) is 2.96. The van der Waals surface area contributed by atoms with Crippen LogP contribution in [0.4, 0.5) is 11.4 Å². The molecule has 0 radical (unpaired) electrons. The smallest absolute Gasteiger partial charge is 0.243 e. The van der Waals surface area contributed by atoms with Crippen LogP contribution in [0.25, 0.3) is 0 Å². The van der Waals surface area contributed by atoms with E-state index in [0.717, 1.165) is 18.5 Å². The fraction of sp³-hybridized carbons (Fsp3) is 0.278. The summed E-state index contributed by atoms with van der Waals surface area (Å²) in [6.45, 7) is 2.58. The average molecular weight is 280 g/mol. The number of nitrogens with one attached hydrogen (secondary N) is 1. The Hall–Kier alpha value is -2.29. The zero-order valence-corrected chi connectivity index (χ0v) is 12.3. The molecular weight excluding hydrogens is 260 g/mol. The van der Waals surface area contributed by atoms with Crippen molar-refractivity contribution in [2.45, 2.75) is 25.8 Å². The number of para-hydroxylation sites is 2. The number of rotatable bonds is 3. The summed E-state index contributed by atoms with van der Waals surface area (Å²) in [5.41, 5.74) is 3.38. The molecule has 0 bridgehead atoms. The van der Waals surface area contributed by atoms with Crippen LogP contribution in [-0.2, 0) is 11.2 Å². The molecule has 1 N–H and O–H groups in total. The lowest BCUT2D eigenvalue weighted by atomic mass is 9.96. The van der Waals surface area contributed by atoms with Gasteiger partial charge in [0, 0.05) is 17.4 Å². The van der Waals surface area contributed by atoms with Crippen LogP contribution in [0.5, 0.6) is 0 Å². The Kier molecular flexibility index (Phi) is 3.91. The Morgan fingerprint density at radius 3 is 2.67 bits per heavy atom. The summed E-state index contributed by atoms with van der Waals surface area (Å²) in [7, 11) is 0. The molecule has 0 fully saturated rings. The maximum Gasteiger partial charge on any atom is 0.243 e. The van der Waals surface area contributed by atoms with Crippen LogP contribution < -0.4 is 10.2 Å².